The summed E-state index contributed by atoms with van der Waals surface area (Å²) in [7, 11) is 0. The fourth-order valence-electron chi connectivity index (χ4n) is 2.68. The van der Waals surface area contributed by atoms with E-state index < -0.39 is 0 Å². The minimum Gasteiger partial charge on any atom is -0.330 e. The molecule has 0 fully saturated rings. The van der Waals surface area contributed by atoms with Crippen molar-refractivity contribution in [2.75, 3.05) is 6.54 Å². The molecule has 0 aliphatic rings. The van der Waals surface area contributed by atoms with Gasteiger partial charge in [-0.2, -0.15) is 0 Å². The van der Waals surface area contributed by atoms with Crippen LogP contribution < -0.4 is 5.73 Å². The molecule has 2 nitrogen and oxygen atoms in total. The second-order valence-electron chi connectivity index (χ2n) is 6.06. The maximum atomic E-state index is 5.57. The maximum absolute atomic E-state index is 5.57. The molecule has 0 aliphatic heterocycles. The Morgan fingerprint density at radius 1 is 1.00 bits per heavy atom. The second kappa shape index (κ2) is 11.9. The Morgan fingerprint density at radius 3 is 2.35 bits per heavy atom. The first-order valence-electron chi connectivity index (χ1n) is 8.42. The minimum absolute atomic E-state index is 0.819. The van der Waals surface area contributed by atoms with Gasteiger partial charge in [0.1, 0.15) is 0 Å². The Labute approximate surface area is 125 Å². The summed E-state index contributed by atoms with van der Waals surface area (Å²) in [6.45, 7) is 3.17. The highest BCUT2D eigenvalue weighted by molar-refractivity contribution is 5.08. The van der Waals surface area contributed by atoms with Crippen LogP contribution in [-0.4, -0.2) is 11.5 Å². The van der Waals surface area contributed by atoms with Crippen molar-refractivity contribution >= 4 is 0 Å². The van der Waals surface area contributed by atoms with E-state index >= 15 is 0 Å². The van der Waals surface area contributed by atoms with Crippen LogP contribution in [0.4, 0.5) is 0 Å². The zero-order chi connectivity index (χ0) is 14.5. The molecule has 2 N–H and O–H groups in total. The molecule has 1 heterocycles. The molecule has 1 unspecified atom stereocenters. The summed E-state index contributed by atoms with van der Waals surface area (Å²) in [6, 6.07) is 4.20. The van der Waals surface area contributed by atoms with Crippen molar-refractivity contribution in [2.24, 2.45) is 11.7 Å². The largest absolute Gasteiger partial charge is 0.330 e. The van der Waals surface area contributed by atoms with Crippen molar-refractivity contribution in [3.05, 3.63) is 30.1 Å². The number of nitrogens with two attached hydrogens (primary N) is 1. The van der Waals surface area contributed by atoms with Gasteiger partial charge in [0.25, 0.3) is 0 Å². The van der Waals surface area contributed by atoms with Gasteiger partial charge in [0.2, 0.25) is 0 Å². The summed E-state index contributed by atoms with van der Waals surface area (Å²) < 4.78 is 0. The van der Waals surface area contributed by atoms with Gasteiger partial charge in [-0.25, -0.2) is 0 Å². The van der Waals surface area contributed by atoms with E-state index in [9.17, 15) is 0 Å². The molecule has 0 radical (unpaired) electrons. The highest BCUT2D eigenvalue weighted by atomic mass is 14.6. The third kappa shape index (κ3) is 9.08. The van der Waals surface area contributed by atoms with Gasteiger partial charge >= 0.3 is 0 Å². The number of aryl methyl sites for hydroxylation is 1. The molecule has 0 aromatic carbocycles. The van der Waals surface area contributed by atoms with E-state index in [1.54, 1.807) is 0 Å². The number of hydrogen-bond acceptors (Lipinski definition) is 2. The standard InChI is InChI=1S/C18H32N2/c1-17(13-14-19)10-7-5-3-2-4-6-8-11-18-12-9-15-20-16-18/h9,12,15-17H,2-8,10-11,13-14,19H2,1H3. The van der Waals surface area contributed by atoms with Crippen molar-refractivity contribution in [1.82, 2.24) is 4.98 Å². The summed E-state index contributed by atoms with van der Waals surface area (Å²) >= 11 is 0. The number of nitrogens with zero attached hydrogens (tertiary/aromatic N) is 1. The molecule has 1 aromatic rings. The summed E-state index contributed by atoms with van der Waals surface area (Å²) in [5.41, 5.74) is 6.94. The van der Waals surface area contributed by atoms with Crippen LogP contribution in [0.25, 0.3) is 0 Å². The van der Waals surface area contributed by atoms with Crippen LogP contribution in [0.1, 0.15) is 70.3 Å². The van der Waals surface area contributed by atoms with E-state index in [1.165, 1.54) is 69.8 Å². The van der Waals surface area contributed by atoms with Gasteiger partial charge in [-0.1, -0.05) is 57.9 Å². The predicted molar refractivity (Wildman–Crippen MR) is 87.7 cm³/mol. The van der Waals surface area contributed by atoms with E-state index in [1.807, 2.05) is 18.5 Å². The molecule has 1 rings (SSSR count). The molecule has 1 aromatic heterocycles. The average Bonchev–Trinajstić information content (AvgIpc) is 2.47. The number of aromatic nitrogens is 1. The van der Waals surface area contributed by atoms with Crippen LogP contribution in [0.2, 0.25) is 0 Å². The molecule has 2 heteroatoms. The molecule has 1 atom stereocenters. The van der Waals surface area contributed by atoms with Crippen molar-refractivity contribution in [1.29, 1.82) is 0 Å². The fraction of sp³-hybridized carbons (Fsp3) is 0.722. The molecule has 0 spiro atoms. The number of hydrogen-bond donors (Lipinski definition) is 1. The lowest BCUT2D eigenvalue weighted by Gasteiger charge is -2.09. The second-order valence-corrected chi connectivity index (χ2v) is 6.06. The van der Waals surface area contributed by atoms with Crippen molar-refractivity contribution in [3.63, 3.8) is 0 Å². The minimum atomic E-state index is 0.819. The zero-order valence-corrected chi connectivity index (χ0v) is 13.2. The lowest BCUT2D eigenvalue weighted by molar-refractivity contribution is 0.459. The van der Waals surface area contributed by atoms with Gasteiger partial charge in [-0.05, 0) is 43.4 Å². The first kappa shape index (κ1) is 17.2. The molecule has 0 saturated carbocycles. The molecular weight excluding hydrogens is 244 g/mol. The van der Waals surface area contributed by atoms with E-state index in [2.05, 4.69) is 18.0 Å². The van der Waals surface area contributed by atoms with Crippen LogP contribution in [0.5, 0.6) is 0 Å². The Hall–Kier alpha value is -0.890. The number of pyridine rings is 1. The van der Waals surface area contributed by atoms with E-state index in [0.29, 0.717) is 0 Å². The molecule has 0 bridgehead atoms. The summed E-state index contributed by atoms with van der Waals surface area (Å²) in [4.78, 5) is 4.15. The normalized spacial score (nSPS) is 12.5. The van der Waals surface area contributed by atoms with Gasteiger partial charge < -0.3 is 5.73 Å². The Morgan fingerprint density at radius 2 is 1.70 bits per heavy atom. The first-order chi connectivity index (χ1) is 9.83. The molecule has 0 amide bonds. The van der Waals surface area contributed by atoms with Gasteiger partial charge in [0.15, 0.2) is 0 Å². The highest BCUT2D eigenvalue weighted by Crippen LogP contribution is 2.14. The van der Waals surface area contributed by atoms with Crippen LogP contribution in [0, 0.1) is 5.92 Å². The fourth-order valence-corrected chi connectivity index (χ4v) is 2.68. The van der Waals surface area contributed by atoms with Crippen LogP contribution in [0.3, 0.4) is 0 Å². The topological polar surface area (TPSA) is 38.9 Å². The van der Waals surface area contributed by atoms with E-state index in [4.69, 9.17) is 5.73 Å². The third-order valence-electron chi connectivity index (χ3n) is 4.04. The van der Waals surface area contributed by atoms with Crippen molar-refractivity contribution in [2.45, 2.75) is 71.1 Å². The van der Waals surface area contributed by atoms with Gasteiger partial charge in [-0.15, -0.1) is 0 Å². The molecular formula is C18H32N2. The lowest BCUT2D eigenvalue weighted by atomic mass is 9.99. The van der Waals surface area contributed by atoms with Crippen molar-refractivity contribution < 1.29 is 0 Å². The first-order valence-corrected chi connectivity index (χ1v) is 8.42. The number of rotatable bonds is 12. The van der Waals surface area contributed by atoms with Crippen LogP contribution in [0.15, 0.2) is 24.5 Å². The van der Waals surface area contributed by atoms with E-state index in [0.717, 1.165) is 12.5 Å². The molecule has 0 saturated heterocycles. The third-order valence-corrected chi connectivity index (χ3v) is 4.04. The monoisotopic (exact) mass is 276 g/mol. The quantitative estimate of drug-likeness (QED) is 0.560. The zero-order valence-electron chi connectivity index (χ0n) is 13.2. The van der Waals surface area contributed by atoms with E-state index in [-0.39, 0.29) is 0 Å². The molecule has 114 valence electrons. The molecule has 0 aliphatic carbocycles. The van der Waals surface area contributed by atoms with Crippen molar-refractivity contribution in [3.8, 4) is 0 Å². The molecule has 20 heavy (non-hydrogen) atoms. The highest BCUT2D eigenvalue weighted by Gasteiger charge is 2.00. The lowest BCUT2D eigenvalue weighted by Crippen LogP contribution is -2.05. The van der Waals surface area contributed by atoms with Gasteiger partial charge in [0.05, 0.1) is 0 Å². The SMILES string of the molecule is CC(CCN)CCCCCCCCCc1cccnc1. The summed E-state index contributed by atoms with van der Waals surface area (Å²) in [5.74, 6) is 0.819. The Bertz CT molecular complexity index is 310. The maximum Gasteiger partial charge on any atom is 0.0299 e. The predicted octanol–water partition coefficient (Wildman–Crippen LogP) is 4.73. The van der Waals surface area contributed by atoms with Crippen LogP contribution in [-0.2, 0) is 6.42 Å². The van der Waals surface area contributed by atoms with Gasteiger partial charge in [0, 0.05) is 12.4 Å². The summed E-state index contributed by atoms with van der Waals surface area (Å²) in [6.07, 6.45) is 17.2. The Balaban J connectivity index is 1.83. The summed E-state index contributed by atoms with van der Waals surface area (Å²) in [5, 5.41) is 0. The van der Waals surface area contributed by atoms with Crippen LogP contribution >= 0.6 is 0 Å². The van der Waals surface area contributed by atoms with Gasteiger partial charge in [-0.3, -0.25) is 4.98 Å². The number of unbranched alkanes of at least 4 members (excludes halogenated alkanes) is 6. The average molecular weight is 276 g/mol. The smallest absolute Gasteiger partial charge is 0.0299 e. The Kier molecular flexibility index (Phi) is 10.2.